The summed E-state index contributed by atoms with van der Waals surface area (Å²) in [5, 5.41) is 9.31. The van der Waals surface area contributed by atoms with E-state index in [9.17, 15) is 10.1 Å². The molecule has 2 aliphatic rings. The fourth-order valence-corrected chi connectivity index (χ4v) is 4.13. The molecule has 1 aromatic carbocycles. The normalized spacial score (nSPS) is 24.7. The average molecular weight is 330 g/mol. The van der Waals surface area contributed by atoms with Gasteiger partial charge in [-0.25, -0.2) is 9.97 Å². The van der Waals surface area contributed by atoms with Crippen molar-refractivity contribution in [2.45, 2.75) is 25.7 Å². The molecule has 0 fully saturated rings. The standard InChI is InChI=1S/C20H18N4O/c1-11-14-7-8-15-17(12-5-3-2-4-6-12)23-20(22)24-18(15)16(14)9-13(10-21)19(11)25/h2-6,9,11,14,16H,7-8H2,1H3,(H2,22,23,24). The van der Waals surface area contributed by atoms with E-state index in [0.29, 0.717) is 0 Å². The number of carbonyl (C=O) groups excluding carboxylic acids is 1. The molecular weight excluding hydrogens is 312 g/mol. The van der Waals surface area contributed by atoms with Gasteiger partial charge in [0.1, 0.15) is 6.07 Å². The van der Waals surface area contributed by atoms with E-state index in [0.717, 1.165) is 35.4 Å². The zero-order valence-electron chi connectivity index (χ0n) is 13.9. The van der Waals surface area contributed by atoms with E-state index in [-0.39, 0.29) is 35.1 Å². The Bertz CT molecular complexity index is 927. The Balaban J connectivity index is 1.91. The van der Waals surface area contributed by atoms with Crippen LogP contribution in [0.25, 0.3) is 11.3 Å². The molecule has 25 heavy (non-hydrogen) atoms. The van der Waals surface area contributed by atoms with Crippen LogP contribution in [0.1, 0.15) is 30.5 Å². The van der Waals surface area contributed by atoms with Crippen molar-refractivity contribution in [3.8, 4) is 17.3 Å². The number of hydrogen-bond donors (Lipinski definition) is 1. The summed E-state index contributed by atoms with van der Waals surface area (Å²) < 4.78 is 0. The molecule has 3 unspecified atom stereocenters. The predicted octanol–water partition coefficient (Wildman–Crippen LogP) is 3.04. The van der Waals surface area contributed by atoms with Crippen LogP contribution in [0.2, 0.25) is 0 Å². The third-order valence-corrected chi connectivity index (χ3v) is 5.40. The maximum Gasteiger partial charge on any atom is 0.220 e. The fourth-order valence-electron chi connectivity index (χ4n) is 4.13. The Morgan fingerprint density at radius 2 is 2.00 bits per heavy atom. The van der Waals surface area contributed by atoms with Crippen LogP contribution in [0.4, 0.5) is 5.95 Å². The molecule has 5 heteroatoms. The van der Waals surface area contributed by atoms with Gasteiger partial charge in [0.2, 0.25) is 5.95 Å². The molecule has 0 amide bonds. The Labute approximate surface area is 146 Å². The first-order chi connectivity index (χ1) is 12.1. The minimum Gasteiger partial charge on any atom is -0.368 e. The van der Waals surface area contributed by atoms with Gasteiger partial charge in [-0.2, -0.15) is 5.26 Å². The summed E-state index contributed by atoms with van der Waals surface area (Å²) in [6.45, 7) is 1.91. The summed E-state index contributed by atoms with van der Waals surface area (Å²) in [7, 11) is 0. The lowest BCUT2D eigenvalue weighted by molar-refractivity contribution is -0.120. The average Bonchev–Trinajstić information content (AvgIpc) is 2.64. The zero-order valence-corrected chi connectivity index (χ0v) is 13.9. The molecule has 2 aromatic rings. The smallest absolute Gasteiger partial charge is 0.220 e. The summed E-state index contributed by atoms with van der Waals surface area (Å²) in [5.41, 5.74) is 10.1. The molecule has 2 aliphatic carbocycles. The molecule has 0 aliphatic heterocycles. The van der Waals surface area contributed by atoms with Gasteiger partial charge in [0.05, 0.1) is 17.0 Å². The van der Waals surface area contributed by atoms with Gasteiger partial charge in [0.15, 0.2) is 5.78 Å². The molecule has 0 saturated heterocycles. The topological polar surface area (TPSA) is 92.7 Å². The third-order valence-electron chi connectivity index (χ3n) is 5.40. The van der Waals surface area contributed by atoms with E-state index in [1.54, 1.807) is 6.08 Å². The predicted molar refractivity (Wildman–Crippen MR) is 94.3 cm³/mol. The highest BCUT2D eigenvalue weighted by molar-refractivity contribution is 6.01. The van der Waals surface area contributed by atoms with Crippen LogP contribution in [0.15, 0.2) is 42.0 Å². The number of aromatic nitrogens is 2. The van der Waals surface area contributed by atoms with Gasteiger partial charge in [-0.1, -0.05) is 43.3 Å². The van der Waals surface area contributed by atoms with Crippen LogP contribution in [-0.2, 0) is 11.2 Å². The van der Waals surface area contributed by atoms with Crippen molar-refractivity contribution in [3.05, 3.63) is 53.2 Å². The van der Waals surface area contributed by atoms with Gasteiger partial charge in [-0.05, 0) is 18.8 Å². The molecule has 1 heterocycles. The molecule has 0 saturated carbocycles. The van der Waals surface area contributed by atoms with Gasteiger partial charge in [0.25, 0.3) is 0 Å². The number of nitrogen functional groups attached to an aromatic ring is 1. The molecule has 1 aromatic heterocycles. The van der Waals surface area contributed by atoms with Crippen LogP contribution in [0.5, 0.6) is 0 Å². The Kier molecular flexibility index (Phi) is 3.61. The number of allylic oxidation sites excluding steroid dienone is 2. The maximum absolute atomic E-state index is 12.3. The first kappa shape index (κ1) is 15.5. The molecule has 0 radical (unpaired) electrons. The first-order valence-electron chi connectivity index (χ1n) is 8.48. The van der Waals surface area contributed by atoms with Crippen LogP contribution >= 0.6 is 0 Å². The first-order valence-corrected chi connectivity index (χ1v) is 8.48. The molecule has 2 N–H and O–H groups in total. The third kappa shape index (κ3) is 2.42. The molecule has 124 valence electrons. The number of nitrogens with two attached hydrogens (primary N) is 1. The van der Waals surface area contributed by atoms with Crippen LogP contribution in [0.3, 0.4) is 0 Å². The van der Waals surface area contributed by atoms with Crippen molar-refractivity contribution >= 4 is 11.7 Å². The van der Waals surface area contributed by atoms with Crippen molar-refractivity contribution in [2.24, 2.45) is 11.8 Å². The second-order valence-corrected chi connectivity index (χ2v) is 6.73. The number of rotatable bonds is 1. The number of hydrogen-bond acceptors (Lipinski definition) is 5. The number of carbonyl (C=O) groups is 1. The highest BCUT2D eigenvalue weighted by Crippen LogP contribution is 2.46. The van der Waals surface area contributed by atoms with Gasteiger partial charge < -0.3 is 5.73 Å². The molecule has 4 rings (SSSR count). The van der Waals surface area contributed by atoms with Crippen LogP contribution < -0.4 is 5.73 Å². The van der Waals surface area contributed by atoms with Gasteiger partial charge in [0, 0.05) is 23.0 Å². The lowest BCUT2D eigenvalue weighted by atomic mass is 9.66. The second kappa shape index (κ2) is 5.82. The molecule has 0 spiro atoms. The minimum absolute atomic E-state index is 0.0566. The summed E-state index contributed by atoms with van der Waals surface area (Å²) in [6.07, 6.45) is 3.48. The van der Waals surface area contributed by atoms with E-state index >= 15 is 0 Å². The summed E-state index contributed by atoms with van der Waals surface area (Å²) in [5.74, 6) is 0.107. The van der Waals surface area contributed by atoms with E-state index < -0.39 is 0 Å². The van der Waals surface area contributed by atoms with Crippen molar-refractivity contribution in [3.63, 3.8) is 0 Å². The largest absolute Gasteiger partial charge is 0.368 e. The number of ketones is 1. The lowest BCUT2D eigenvalue weighted by Gasteiger charge is -2.37. The number of Topliss-reactive ketones (excluding diaryl/α,β-unsaturated/α-hetero) is 1. The quantitative estimate of drug-likeness (QED) is 0.867. The number of fused-ring (bicyclic) bond motifs is 3. The second-order valence-electron chi connectivity index (χ2n) is 6.73. The number of benzene rings is 1. The summed E-state index contributed by atoms with van der Waals surface area (Å²) >= 11 is 0. The fraction of sp³-hybridized carbons (Fsp3) is 0.300. The highest BCUT2D eigenvalue weighted by Gasteiger charge is 2.41. The van der Waals surface area contributed by atoms with Crippen molar-refractivity contribution in [2.75, 3.05) is 5.73 Å². The van der Waals surface area contributed by atoms with Crippen molar-refractivity contribution in [1.29, 1.82) is 5.26 Å². The van der Waals surface area contributed by atoms with Crippen molar-refractivity contribution < 1.29 is 4.79 Å². The Morgan fingerprint density at radius 3 is 2.72 bits per heavy atom. The van der Waals surface area contributed by atoms with Gasteiger partial charge in [-0.15, -0.1) is 0 Å². The Morgan fingerprint density at radius 1 is 1.24 bits per heavy atom. The monoisotopic (exact) mass is 330 g/mol. The van der Waals surface area contributed by atoms with E-state index in [4.69, 9.17) is 5.73 Å². The SMILES string of the molecule is CC1C(=O)C(C#N)=CC2c3nc(N)nc(-c4ccccc4)c3CCC12. The highest BCUT2D eigenvalue weighted by atomic mass is 16.1. The lowest BCUT2D eigenvalue weighted by Crippen LogP contribution is -2.35. The van der Waals surface area contributed by atoms with E-state index in [1.165, 1.54) is 0 Å². The zero-order chi connectivity index (χ0) is 17.6. The summed E-state index contributed by atoms with van der Waals surface area (Å²) in [6, 6.07) is 12.0. The molecular formula is C20H18N4O. The number of nitriles is 1. The molecule has 3 atom stereocenters. The minimum atomic E-state index is -0.172. The van der Waals surface area contributed by atoms with Crippen LogP contribution in [-0.4, -0.2) is 15.8 Å². The molecule has 5 nitrogen and oxygen atoms in total. The maximum atomic E-state index is 12.3. The summed E-state index contributed by atoms with van der Waals surface area (Å²) in [4.78, 5) is 21.3. The Hall–Kier alpha value is -3.00. The van der Waals surface area contributed by atoms with Gasteiger partial charge in [-0.3, -0.25) is 4.79 Å². The van der Waals surface area contributed by atoms with Crippen molar-refractivity contribution in [1.82, 2.24) is 9.97 Å². The number of anilines is 1. The number of nitrogens with zero attached hydrogens (tertiary/aromatic N) is 3. The molecule has 0 bridgehead atoms. The van der Waals surface area contributed by atoms with Crippen LogP contribution in [0, 0.1) is 23.2 Å². The van der Waals surface area contributed by atoms with E-state index in [2.05, 4.69) is 9.97 Å². The van der Waals surface area contributed by atoms with Gasteiger partial charge >= 0.3 is 0 Å². The van der Waals surface area contributed by atoms with E-state index in [1.807, 2.05) is 43.3 Å².